The molecule has 2 aromatic rings. The van der Waals surface area contributed by atoms with Gasteiger partial charge in [0.05, 0.1) is 27.5 Å². The van der Waals surface area contributed by atoms with E-state index in [1.807, 2.05) is 0 Å². The molecule has 1 amide bonds. The quantitative estimate of drug-likeness (QED) is 0.307. The van der Waals surface area contributed by atoms with E-state index in [1.165, 1.54) is 12.1 Å². The zero-order valence-electron chi connectivity index (χ0n) is 16.7. The van der Waals surface area contributed by atoms with Crippen molar-refractivity contribution in [3.63, 3.8) is 0 Å². The molecule has 0 saturated heterocycles. The van der Waals surface area contributed by atoms with E-state index in [4.69, 9.17) is 34.8 Å². The fourth-order valence-electron chi connectivity index (χ4n) is 3.69. The smallest absolute Gasteiger partial charge is 0.349 e. The average Bonchev–Trinajstić information content (AvgIpc) is 3.05. The predicted molar refractivity (Wildman–Crippen MR) is 116 cm³/mol. The second-order valence-electron chi connectivity index (χ2n) is 7.56. The van der Waals surface area contributed by atoms with Gasteiger partial charge in [0.1, 0.15) is 6.42 Å². The lowest BCUT2D eigenvalue weighted by Gasteiger charge is -2.17. The summed E-state index contributed by atoms with van der Waals surface area (Å²) in [6.07, 6.45) is -10.0. The van der Waals surface area contributed by atoms with Crippen LogP contribution in [0.4, 0.5) is 26.3 Å². The number of benzene rings is 2. The van der Waals surface area contributed by atoms with E-state index in [0.29, 0.717) is 35.1 Å². The standard InChI is InChI=1S/C22H16Cl3F6NO/c23-16-8-13(9-17(24)20(16)25)14(5-6-21(26,27)28)11-1-3-15-12(7-11)2-4-18(15)32-19(33)10-22(29,30)31/h1,3,5,7-9,18H,2,4,6,10H2,(H,32,33)/b14-5+. The van der Waals surface area contributed by atoms with Crippen molar-refractivity contribution in [3.8, 4) is 0 Å². The van der Waals surface area contributed by atoms with Gasteiger partial charge in [-0.05, 0) is 52.8 Å². The number of nitrogens with one attached hydrogen (secondary N) is 1. The molecule has 0 heterocycles. The van der Waals surface area contributed by atoms with Crippen LogP contribution in [0.25, 0.3) is 5.57 Å². The van der Waals surface area contributed by atoms with Crippen LogP contribution in [-0.2, 0) is 11.2 Å². The summed E-state index contributed by atoms with van der Waals surface area (Å²) in [6, 6.07) is 7.01. The minimum atomic E-state index is -4.62. The molecule has 2 aromatic carbocycles. The zero-order chi connectivity index (χ0) is 24.6. The molecule has 11 heteroatoms. The van der Waals surface area contributed by atoms with Gasteiger partial charge in [0.15, 0.2) is 0 Å². The van der Waals surface area contributed by atoms with Gasteiger partial charge in [-0.1, -0.05) is 59.1 Å². The lowest BCUT2D eigenvalue weighted by molar-refractivity contribution is -0.154. The van der Waals surface area contributed by atoms with Crippen molar-refractivity contribution in [2.75, 3.05) is 0 Å². The van der Waals surface area contributed by atoms with Crippen LogP contribution in [0.5, 0.6) is 0 Å². The van der Waals surface area contributed by atoms with Gasteiger partial charge in [-0.3, -0.25) is 4.79 Å². The van der Waals surface area contributed by atoms with Crippen LogP contribution in [0.2, 0.25) is 15.1 Å². The van der Waals surface area contributed by atoms with Crippen LogP contribution in [-0.4, -0.2) is 18.3 Å². The van der Waals surface area contributed by atoms with Gasteiger partial charge in [0, 0.05) is 0 Å². The molecule has 1 atom stereocenters. The third-order valence-corrected chi connectivity index (χ3v) is 6.26. The molecule has 0 spiro atoms. The van der Waals surface area contributed by atoms with Gasteiger partial charge in [-0.25, -0.2) is 0 Å². The summed E-state index contributed by atoms with van der Waals surface area (Å²) < 4.78 is 76.2. The lowest BCUT2D eigenvalue weighted by atomic mass is 9.94. The molecule has 178 valence electrons. The van der Waals surface area contributed by atoms with E-state index in [-0.39, 0.29) is 20.6 Å². The molecule has 1 aliphatic rings. The van der Waals surface area contributed by atoms with Crippen molar-refractivity contribution in [2.24, 2.45) is 0 Å². The minimum absolute atomic E-state index is 0.0728. The van der Waals surface area contributed by atoms with E-state index < -0.39 is 37.1 Å². The van der Waals surface area contributed by atoms with Crippen LogP contribution >= 0.6 is 34.8 Å². The maximum Gasteiger partial charge on any atom is 0.397 e. The molecule has 0 aromatic heterocycles. The number of carbonyl (C=O) groups excluding carboxylic acids is 1. The Hall–Kier alpha value is -1.90. The fraction of sp³-hybridized carbons (Fsp3) is 0.318. The van der Waals surface area contributed by atoms with Crippen LogP contribution in [0, 0.1) is 0 Å². The highest BCUT2D eigenvalue weighted by Crippen LogP contribution is 2.39. The Balaban J connectivity index is 1.94. The Morgan fingerprint density at radius 3 is 2.18 bits per heavy atom. The van der Waals surface area contributed by atoms with Gasteiger partial charge in [-0.15, -0.1) is 0 Å². The van der Waals surface area contributed by atoms with Crippen molar-refractivity contribution in [2.45, 2.75) is 44.1 Å². The minimum Gasteiger partial charge on any atom is -0.349 e. The van der Waals surface area contributed by atoms with Gasteiger partial charge < -0.3 is 5.32 Å². The summed E-state index contributed by atoms with van der Waals surface area (Å²) in [4.78, 5) is 11.7. The molecule has 2 nitrogen and oxygen atoms in total. The molecule has 3 rings (SSSR count). The molecule has 0 radical (unpaired) electrons. The molecule has 33 heavy (non-hydrogen) atoms. The van der Waals surface area contributed by atoms with E-state index in [2.05, 4.69) is 5.32 Å². The molecule has 0 aliphatic heterocycles. The van der Waals surface area contributed by atoms with Crippen molar-refractivity contribution < 1.29 is 31.1 Å². The number of alkyl halides is 6. The summed E-state index contributed by atoms with van der Waals surface area (Å²) in [5.41, 5.74) is 2.33. The maximum absolute atomic E-state index is 12.9. The Morgan fingerprint density at radius 1 is 0.970 bits per heavy atom. The number of halogens is 9. The number of allylic oxidation sites excluding steroid dienone is 1. The highest BCUT2D eigenvalue weighted by Gasteiger charge is 2.33. The summed E-state index contributed by atoms with van der Waals surface area (Å²) >= 11 is 18.1. The molecule has 1 aliphatic carbocycles. The number of rotatable bonds is 5. The van der Waals surface area contributed by atoms with Crippen LogP contribution in [0.3, 0.4) is 0 Å². The third kappa shape index (κ3) is 6.80. The lowest BCUT2D eigenvalue weighted by Crippen LogP contribution is -2.31. The first-order valence-electron chi connectivity index (χ1n) is 9.64. The van der Waals surface area contributed by atoms with E-state index in [9.17, 15) is 31.1 Å². The predicted octanol–water partition coefficient (Wildman–Crippen LogP) is 8.09. The zero-order valence-corrected chi connectivity index (χ0v) is 18.9. The van der Waals surface area contributed by atoms with Crippen molar-refractivity contribution in [1.82, 2.24) is 5.32 Å². The van der Waals surface area contributed by atoms with E-state index >= 15 is 0 Å². The SMILES string of the molecule is O=C(CC(F)(F)F)NC1CCc2cc(/C(=C\CC(F)(F)F)c3cc(Cl)c(Cl)c(Cl)c3)ccc21. The second kappa shape index (κ2) is 9.76. The van der Waals surface area contributed by atoms with E-state index in [0.717, 1.165) is 6.08 Å². The Bertz CT molecular complexity index is 1070. The van der Waals surface area contributed by atoms with Gasteiger partial charge in [-0.2, -0.15) is 26.3 Å². The molecule has 0 bridgehead atoms. The van der Waals surface area contributed by atoms with Crippen LogP contribution < -0.4 is 5.32 Å². The largest absolute Gasteiger partial charge is 0.397 e. The molecular formula is C22H16Cl3F6NO. The first-order chi connectivity index (χ1) is 15.2. The number of hydrogen-bond acceptors (Lipinski definition) is 1. The molecule has 1 unspecified atom stereocenters. The topological polar surface area (TPSA) is 29.1 Å². The first-order valence-corrected chi connectivity index (χ1v) is 10.8. The molecule has 1 N–H and O–H groups in total. The van der Waals surface area contributed by atoms with Crippen molar-refractivity contribution in [3.05, 3.63) is 73.7 Å². The number of carbonyl (C=O) groups is 1. The maximum atomic E-state index is 12.9. The summed E-state index contributed by atoms with van der Waals surface area (Å²) in [6.45, 7) is 0. The van der Waals surface area contributed by atoms with E-state index in [1.54, 1.807) is 18.2 Å². The number of aryl methyl sites for hydroxylation is 1. The highest BCUT2D eigenvalue weighted by atomic mass is 35.5. The number of fused-ring (bicyclic) bond motifs is 1. The summed E-state index contributed by atoms with van der Waals surface area (Å²) in [5.74, 6) is -1.14. The van der Waals surface area contributed by atoms with Gasteiger partial charge in [0.2, 0.25) is 5.91 Å². The fourth-order valence-corrected chi connectivity index (χ4v) is 4.29. The average molecular weight is 531 g/mol. The molecular weight excluding hydrogens is 515 g/mol. The van der Waals surface area contributed by atoms with Crippen molar-refractivity contribution >= 4 is 46.3 Å². The normalized spacial score (nSPS) is 16.6. The monoisotopic (exact) mass is 529 g/mol. The second-order valence-corrected chi connectivity index (χ2v) is 8.75. The number of hydrogen-bond donors (Lipinski definition) is 1. The van der Waals surface area contributed by atoms with Gasteiger partial charge in [0.25, 0.3) is 0 Å². The third-order valence-electron chi connectivity index (χ3n) is 5.06. The Morgan fingerprint density at radius 2 is 1.61 bits per heavy atom. The van der Waals surface area contributed by atoms with Crippen LogP contribution in [0.1, 0.15) is 47.6 Å². The molecule has 0 saturated carbocycles. The molecule has 0 fully saturated rings. The summed E-state index contributed by atoms with van der Waals surface area (Å²) in [7, 11) is 0. The van der Waals surface area contributed by atoms with Gasteiger partial charge >= 0.3 is 12.4 Å². The Labute approximate surface area is 200 Å². The first kappa shape index (κ1) is 25.7. The van der Waals surface area contributed by atoms with Crippen molar-refractivity contribution in [1.29, 1.82) is 0 Å². The van der Waals surface area contributed by atoms with Crippen LogP contribution in [0.15, 0.2) is 36.4 Å². The summed E-state index contributed by atoms with van der Waals surface area (Å²) in [5, 5.41) is 2.59. The Kier molecular flexibility index (Phi) is 7.61. The number of amides is 1. The highest BCUT2D eigenvalue weighted by molar-refractivity contribution is 6.48.